The van der Waals surface area contributed by atoms with Gasteiger partial charge in [-0.15, -0.1) is 0 Å². The summed E-state index contributed by atoms with van der Waals surface area (Å²) in [6.07, 6.45) is 1.35. The fourth-order valence-electron chi connectivity index (χ4n) is 2.12. The van der Waals surface area contributed by atoms with Gasteiger partial charge in [-0.05, 0) is 43.3 Å². The van der Waals surface area contributed by atoms with E-state index in [0.717, 1.165) is 0 Å². The van der Waals surface area contributed by atoms with Gasteiger partial charge in [0, 0.05) is 5.39 Å². The molecule has 0 spiro atoms. The number of nitrogens with zero attached hydrogens (tertiary/aromatic N) is 1. The van der Waals surface area contributed by atoms with E-state index in [1.807, 2.05) is 0 Å². The van der Waals surface area contributed by atoms with Gasteiger partial charge in [-0.1, -0.05) is 0 Å². The second kappa shape index (κ2) is 5.88. The Labute approximate surface area is 130 Å². The maximum Gasteiger partial charge on any atom is 0.305 e. The zero-order valence-electron chi connectivity index (χ0n) is 12.1. The summed E-state index contributed by atoms with van der Waals surface area (Å²) in [5.41, 5.74) is 5.80. The van der Waals surface area contributed by atoms with E-state index in [9.17, 15) is 14.0 Å². The van der Waals surface area contributed by atoms with Crippen LogP contribution in [0.1, 0.15) is 26.6 Å². The molecule has 2 N–H and O–H groups in total. The molecule has 2 heterocycles. The highest BCUT2D eigenvalue weighted by molar-refractivity contribution is 6.00. The lowest BCUT2D eigenvalue weighted by Gasteiger charge is -2.09. The van der Waals surface area contributed by atoms with Gasteiger partial charge in [0.2, 0.25) is 0 Å². The number of rotatable bonds is 2. The van der Waals surface area contributed by atoms with E-state index in [1.54, 1.807) is 13.0 Å². The fourth-order valence-corrected chi connectivity index (χ4v) is 2.12. The maximum absolute atomic E-state index is 13.3. The SMILES string of the molecule is Cc1nc2ccc(F)cc2cc1C(=O)NNC(=O)c1ccco1. The number of carbonyl (C=O) groups is 2. The van der Waals surface area contributed by atoms with E-state index in [0.29, 0.717) is 16.6 Å². The summed E-state index contributed by atoms with van der Waals surface area (Å²) in [6, 6.07) is 8.68. The molecule has 2 aromatic heterocycles. The van der Waals surface area contributed by atoms with Crippen LogP contribution in [0.15, 0.2) is 47.1 Å². The Hall–Kier alpha value is -3.22. The highest BCUT2D eigenvalue weighted by Gasteiger charge is 2.14. The molecule has 3 rings (SSSR count). The van der Waals surface area contributed by atoms with Crippen LogP contribution in [0.25, 0.3) is 10.9 Å². The molecule has 0 unspecified atom stereocenters. The minimum atomic E-state index is -0.583. The summed E-state index contributed by atoms with van der Waals surface area (Å²) in [7, 11) is 0. The van der Waals surface area contributed by atoms with Crippen molar-refractivity contribution < 1.29 is 18.4 Å². The summed E-state index contributed by atoms with van der Waals surface area (Å²) in [5, 5.41) is 0.498. The van der Waals surface area contributed by atoms with Gasteiger partial charge in [0.15, 0.2) is 5.76 Å². The second-order valence-electron chi connectivity index (χ2n) is 4.84. The summed E-state index contributed by atoms with van der Waals surface area (Å²) in [4.78, 5) is 28.1. The van der Waals surface area contributed by atoms with Gasteiger partial charge in [-0.3, -0.25) is 25.4 Å². The number of hydrogen-bond donors (Lipinski definition) is 2. The van der Waals surface area contributed by atoms with Crippen molar-refractivity contribution in [3.05, 3.63) is 65.5 Å². The predicted octanol–water partition coefficient (Wildman–Crippen LogP) is 2.35. The highest BCUT2D eigenvalue weighted by Crippen LogP contribution is 2.17. The monoisotopic (exact) mass is 313 g/mol. The third-order valence-electron chi connectivity index (χ3n) is 3.25. The molecule has 6 nitrogen and oxygen atoms in total. The van der Waals surface area contributed by atoms with Crippen molar-refractivity contribution in [3.63, 3.8) is 0 Å². The minimum Gasteiger partial charge on any atom is -0.459 e. The van der Waals surface area contributed by atoms with Crippen LogP contribution in [0.4, 0.5) is 4.39 Å². The molecule has 0 fully saturated rings. The molecule has 23 heavy (non-hydrogen) atoms. The number of aryl methyl sites for hydroxylation is 1. The molecule has 0 saturated heterocycles. The van der Waals surface area contributed by atoms with Crippen LogP contribution in [0, 0.1) is 12.7 Å². The average Bonchev–Trinajstić information content (AvgIpc) is 3.06. The zero-order valence-corrected chi connectivity index (χ0v) is 12.1. The van der Waals surface area contributed by atoms with Gasteiger partial charge in [0.25, 0.3) is 5.91 Å². The molecule has 3 aromatic rings. The Morgan fingerprint density at radius 2 is 1.91 bits per heavy atom. The topological polar surface area (TPSA) is 84.2 Å². The first kappa shape index (κ1) is 14.7. The molecule has 0 aliphatic heterocycles. The Morgan fingerprint density at radius 1 is 1.13 bits per heavy atom. The molecule has 0 saturated carbocycles. The van der Waals surface area contributed by atoms with Crippen LogP contribution < -0.4 is 10.9 Å². The molecule has 2 amide bonds. The van der Waals surface area contributed by atoms with Crippen LogP contribution in [0.5, 0.6) is 0 Å². The van der Waals surface area contributed by atoms with Crippen LogP contribution in [0.2, 0.25) is 0 Å². The number of pyridine rings is 1. The Bertz CT molecular complexity index is 891. The maximum atomic E-state index is 13.3. The van der Waals surface area contributed by atoms with E-state index >= 15 is 0 Å². The lowest BCUT2D eigenvalue weighted by atomic mass is 10.1. The van der Waals surface area contributed by atoms with E-state index in [4.69, 9.17) is 4.42 Å². The molecular formula is C16H12FN3O3. The molecule has 116 valence electrons. The zero-order chi connectivity index (χ0) is 16.4. The average molecular weight is 313 g/mol. The molecule has 1 aromatic carbocycles. The van der Waals surface area contributed by atoms with Crippen molar-refractivity contribution in [3.8, 4) is 0 Å². The van der Waals surface area contributed by atoms with E-state index in [1.165, 1.54) is 36.6 Å². The fraction of sp³-hybridized carbons (Fsp3) is 0.0625. The number of benzene rings is 1. The van der Waals surface area contributed by atoms with Crippen LogP contribution in [0.3, 0.4) is 0 Å². The molecule has 0 aliphatic rings. The van der Waals surface area contributed by atoms with Crippen molar-refractivity contribution in [1.29, 1.82) is 0 Å². The standard InChI is InChI=1S/C16H12FN3O3/c1-9-12(8-10-7-11(17)4-5-13(10)18-9)15(21)19-20-16(22)14-3-2-6-23-14/h2-8H,1H3,(H,19,21)(H,20,22). The third-order valence-corrected chi connectivity index (χ3v) is 3.25. The van der Waals surface area contributed by atoms with Crippen molar-refractivity contribution in [2.75, 3.05) is 0 Å². The number of carbonyl (C=O) groups excluding carboxylic acids is 2. The number of hydrazine groups is 1. The number of hydrogen-bond acceptors (Lipinski definition) is 4. The lowest BCUT2D eigenvalue weighted by molar-refractivity contribution is 0.0830. The Morgan fingerprint density at radius 3 is 2.65 bits per heavy atom. The molecule has 0 aliphatic carbocycles. The second-order valence-corrected chi connectivity index (χ2v) is 4.84. The molecular weight excluding hydrogens is 301 g/mol. The predicted molar refractivity (Wildman–Crippen MR) is 80.1 cm³/mol. The number of amides is 2. The smallest absolute Gasteiger partial charge is 0.305 e. The Kier molecular flexibility index (Phi) is 3.76. The van der Waals surface area contributed by atoms with Crippen molar-refractivity contribution in [2.45, 2.75) is 6.92 Å². The number of aromatic nitrogens is 1. The van der Waals surface area contributed by atoms with Gasteiger partial charge >= 0.3 is 5.91 Å². The number of fused-ring (bicyclic) bond motifs is 1. The van der Waals surface area contributed by atoms with Crippen molar-refractivity contribution >= 4 is 22.7 Å². The Balaban J connectivity index is 1.80. The van der Waals surface area contributed by atoms with Crippen molar-refractivity contribution in [2.24, 2.45) is 0 Å². The van der Waals surface area contributed by atoms with E-state index in [-0.39, 0.29) is 11.3 Å². The molecule has 0 atom stereocenters. The van der Waals surface area contributed by atoms with Crippen LogP contribution in [-0.2, 0) is 0 Å². The first-order chi connectivity index (χ1) is 11.0. The summed E-state index contributed by atoms with van der Waals surface area (Å²) in [6.45, 7) is 1.66. The van der Waals surface area contributed by atoms with Gasteiger partial charge < -0.3 is 4.42 Å². The van der Waals surface area contributed by atoms with Crippen molar-refractivity contribution in [1.82, 2.24) is 15.8 Å². The van der Waals surface area contributed by atoms with Crippen LogP contribution in [-0.4, -0.2) is 16.8 Å². The van der Waals surface area contributed by atoms with E-state index < -0.39 is 17.6 Å². The quantitative estimate of drug-likeness (QED) is 0.711. The normalized spacial score (nSPS) is 10.5. The third kappa shape index (κ3) is 3.03. The van der Waals surface area contributed by atoms with Gasteiger partial charge in [-0.2, -0.15) is 0 Å². The number of furan rings is 1. The van der Waals surface area contributed by atoms with Gasteiger partial charge in [0.1, 0.15) is 5.82 Å². The molecule has 7 heteroatoms. The molecule has 0 bridgehead atoms. The number of halogens is 1. The number of nitrogens with one attached hydrogen (secondary N) is 2. The first-order valence-electron chi connectivity index (χ1n) is 6.75. The minimum absolute atomic E-state index is 0.0701. The van der Waals surface area contributed by atoms with Gasteiger partial charge in [-0.25, -0.2) is 4.39 Å². The lowest BCUT2D eigenvalue weighted by Crippen LogP contribution is -2.41. The van der Waals surface area contributed by atoms with E-state index in [2.05, 4.69) is 15.8 Å². The summed E-state index contributed by atoms with van der Waals surface area (Å²) < 4.78 is 18.2. The summed E-state index contributed by atoms with van der Waals surface area (Å²) in [5.74, 6) is -1.48. The highest BCUT2D eigenvalue weighted by atomic mass is 19.1. The van der Waals surface area contributed by atoms with Gasteiger partial charge in [0.05, 0.1) is 23.0 Å². The molecule has 0 radical (unpaired) electrons. The van der Waals surface area contributed by atoms with Crippen LogP contribution >= 0.6 is 0 Å². The first-order valence-corrected chi connectivity index (χ1v) is 6.75. The largest absolute Gasteiger partial charge is 0.459 e. The summed E-state index contributed by atoms with van der Waals surface area (Å²) >= 11 is 0.